The molecule has 1 aliphatic carbocycles. The van der Waals surface area contributed by atoms with E-state index in [0.29, 0.717) is 41.5 Å². The van der Waals surface area contributed by atoms with E-state index < -0.39 is 0 Å². The minimum Gasteiger partial charge on any atom is -0.325 e. The quantitative estimate of drug-likeness (QED) is 0.505. The third kappa shape index (κ3) is 4.61. The van der Waals surface area contributed by atoms with Gasteiger partial charge in [-0.1, -0.05) is 18.8 Å². The molecule has 0 atom stereocenters. The number of rotatable bonds is 6. The van der Waals surface area contributed by atoms with Crippen LogP contribution in [0.4, 0.5) is 27.9 Å². The highest BCUT2D eigenvalue weighted by Gasteiger charge is 2.51. The second-order valence-electron chi connectivity index (χ2n) is 10.4. The average molecular weight is 513 g/mol. The minimum atomic E-state index is -0.255. The van der Waals surface area contributed by atoms with Gasteiger partial charge in [0.15, 0.2) is 5.65 Å². The van der Waals surface area contributed by atoms with Crippen molar-refractivity contribution in [1.29, 1.82) is 0 Å². The topological polar surface area (TPSA) is 97.8 Å². The molecule has 1 spiro atoms. The van der Waals surface area contributed by atoms with E-state index in [-0.39, 0.29) is 17.5 Å². The maximum Gasteiger partial charge on any atom is 0.326 e. The molecule has 1 aromatic carbocycles. The van der Waals surface area contributed by atoms with E-state index in [0.717, 1.165) is 37.1 Å². The summed E-state index contributed by atoms with van der Waals surface area (Å²) in [4.78, 5) is 46.4. The molecule has 1 N–H and O–H groups in total. The van der Waals surface area contributed by atoms with Gasteiger partial charge in [0.1, 0.15) is 5.82 Å². The Morgan fingerprint density at radius 1 is 1.16 bits per heavy atom. The predicted octanol–water partition coefficient (Wildman–Crippen LogP) is 3.46. The van der Waals surface area contributed by atoms with E-state index in [9.17, 15) is 9.59 Å². The smallest absolute Gasteiger partial charge is 0.325 e. The van der Waals surface area contributed by atoms with Crippen LogP contribution in [0, 0.1) is 12.3 Å². The number of anilines is 4. The number of aromatic nitrogens is 3. The molecule has 5 rings (SSSR count). The Morgan fingerprint density at radius 2 is 1.87 bits per heavy atom. The van der Waals surface area contributed by atoms with Crippen molar-refractivity contribution in [3.05, 3.63) is 42.1 Å². The van der Waals surface area contributed by atoms with Gasteiger partial charge in [0.25, 0.3) is 0 Å². The van der Waals surface area contributed by atoms with Crippen LogP contribution >= 0.6 is 0 Å². The second-order valence-corrected chi connectivity index (χ2v) is 10.4. The summed E-state index contributed by atoms with van der Waals surface area (Å²) in [5.74, 6) is 3.61. The number of nitrogens with one attached hydrogen (secondary N) is 1. The Kier molecular flexibility index (Phi) is 6.63. The van der Waals surface area contributed by atoms with Crippen LogP contribution in [0.15, 0.2) is 36.5 Å². The second kappa shape index (κ2) is 9.91. The third-order valence-electron chi connectivity index (χ3n) is 7.33. The van der Waals surface area contributed by atoms with Crippen molar-refractivity contribution in [2.45, 2.75) is 31.2 Å². The van der Waals surface area contributed by atoms with Crippen molar-refractivity contribution >= 4 is 46.1 Å². The van der Waals surface area contributed by atoms with Crippen LogP contribution in [0.2, 0.25) is 0 Å². The Bertz CT molecular complexity index is 1420. The number of likely N-dealkylation sites (N-methyl/N-ethyl adjacent to an activating group) is 3. The first-order chi connectivity index (χ1) is 18.2. The normalized spacial score (nSPS) is 16.5. The number of fused-ring (bicyclic) bond motifs is 1. The molecule has 1 aliphatic heterocycles. The first-order valence-electron chi connectivity index (χ1n) is 12.7. The number of nitrogens with zero attached hydrogens (tertiary/aromatic N) is 7. The number of hydrogen-bond donors (Lipinski definition) is 1. The molecule has 196 valence electrons. The zero-order chi connectivity index (χ0) is 27.0. The molecule has 0 unspecified atom stereocenters. The van der Waals surface area contributed by atoms with Crippen LogP contribution in [0.5, 0.6) is 0 Å². The summed E-state index contributed by atoms with van der Waals surface area (Å²) in [6, 6.07) is 9.18. The van der Waals surface area contributed by atoms with E-state index in [4.69, 9.17) is 11.4 Å². The number of benzene rings is 1. The molecule has 0 radical (unpaired) electrons. The summed E-state index contributed by atoms with van der Waals surface area (Å²) in [7, 11) is 7.31. The molecule has 10 nitrogen and oxygen atoms in total. The maximum absolute atomic E-state index is 13.2. The van der Waals surface area contributed by atoms with Gasteiger partial charge < -0.3 is 20.0 Å². The number of carbonyl (C=O) groups is 2. The minimum absolute atomic E-state index is 0.00169. The summed E-state index contributed by atoms with van der Waals surface area (Å²) >= 11 is 0. The van der Waals surface area contributed by atoms with E-state index in [1.807, 2.05) is 55.2 Å². The number of urea groups is 1. The number of terminal acetylenes is 1. The monoisotopic (exact) mass is 512 g/mol. The molecule has 38 heavy (non-hydrogen) atoms. The highest BCUT2D eigenvalue weighted by atomic mass is 16.2. The van der Waals surface area contributed by atoms with Crippen LogP contribution in [-0.4, -0.2) is 83.5 Å². The van der Waals surface area contributed by atoms with Gasteiger partial charge >= 0.3 is 6.03 Å². The molecule has 10 heteroatoms. The summed E-state index contributed by atoms with van der Waals surface area (Å²) in [5.41, 5.74) is 2.31. The van der Waals surface area contributed by atoms with Crippen molar-refractivity contribution in [2.24, 2.45) is 0 Å². The lowest BCUT2D eigenvalue weighted by molar-refractivity contribution is -0.118. The third-order valence-corrected chi connectivity index (χ3v) is 7.33. The zero-order valence-corrected chi connectivity index (χ0v) is 22.2. The van der Waals surface area contributed by atoms with E-state index in [2.05, 4.69) is 21.2 Å². The SMILES string of the molecule is C#Cc1cc(N2C(=O)N(C)CC23CCCC3)nc2nc(Nc3ccc(N(C)C(=O)CN(C)C)cc3)ncc12. The van der Waals surface area contributed by atoms with Crippen molar-refractivity contribution < 1.29 is 9.59 Å². The lowest BCUT2D eigenvalue weighted by Gasteiger charge is -2.32. The Labute approximate surface area is 222 Å². The molecule has 0 bridgehead atoms. The molecule has 3 amide bonds. The fourth-order valence-electron chi connectivity index (χ4n) is 5.42. The highest BCUT2D eigenvalue weighted by molar-refractivity contribution is 5.97. The van der Waals surface area contributed by atoms with Crippen molar-refractivity contribution in [3.63, 3.8) is 0 Å². The first kappa shape index (κ1) is 25.4. The van der Waals surface area contributed by atoms with Crippen LogP contribution in [-0.2, 0) is 4.79 Å². The van der Waals surface area contributed by atoms with Crippen molar-refractivity contribution in [3.8, 4) is 12.3 Å². The molecule has 1 saturated heterocycles. The Morgan fingerprint density at radius 3 is 2.53 bits per heavy atom. The molecule has 2 fully saturated rings. The van der Waals surface area contributed by atoms with Gasteiger partial charge in [-0.3, -0.25) is 9.69 Å². The van der Waals surface area contributed by atoms with Gasteiger partial charge in [-0.25, -0.2) is 14.8 Å². The largest absolute Gasteiger partial charge is 0.326 e. The molecule has 1 saturated carbocycles. The van der Waals surface area contributed by atoms with E-state index in [1.165, 1.54) is 0 Å². The lowest BCUT2D eigenvalue weighted by atomic mass is 9.96. The fourth-order valence-corrected chi connectivity index (χ4v) is 5.42. The Balaban J connectivity index is 1.43. The van der Waals surface area contributed by atoms with Crippen molar-refractivity contribution in [1.82, 2.24) is 24.8 Å². The maximum atomic E-state index is 13.2. The van der Waals surface area contributed by atoms with Crippen molar-refractivity contribution in [2.75, 3.05) is 56.4 Å². The standard InChI is InChI=1S/C28H32N8O2/c1-6-19-15-23(36-27(38)34(4)18-28(36)13-7-8-14-28)31-25-22(19)16-29-26(32-25)30-20-9-11-21(12-10-20)35(5)24(37)17-33(2)3/h1,9-12,15-16H,7-8,13-14,17-18H2,2-5H3,(H,29,30,31,32). The fraction of sp³-hybridized carbons (Fsp3) is 0.393. The molecular weight excluding hydrogens is 480 g/mol. The molecule has 2 aromatic heterocycles. The molecule has 2 aliphatic rings. The van der Waals surface area contributed by atoms with Crippen LogP contribution in [0.1, 0.15) is 31.2 Å². The van der Waals surface area contributed by atoms with Gasteiger partial charge in [0.05, 0.1) is 17.5 Å². The number of amides is 3. The van der Waals surface area contributed by atoms with Crippen LogP contribution < -0.4 is 15.1 Å². The Hall–Kier alpha value is -4.23. The van der Waals surface area contributed by atoms with Crippen LogP contribution in [0.25, 0.3) is 11.0 Å². The number of pyridine rings is 1. The molecular formula is C28H32N8O2. The lowest BCUT2D eigenvalue weighted by Crippen LogP contribution is -2.45. The highest BCUT2D eigenvalue weighted by Crippen LogP contribution is 2.43. The van der Waals surface area contributed by atoms with Gasteiger partial charge in [-0.05, 0) is 57.3 Å². The first-order valence-corrected chi connectivity index (χ1v) is 12.7. The summed E-state index contributed by atoms with van der Waals surface area (Å²) in [5, 5.41) is 3.85. The summed E-state index contributed by atoms with van der Waals surface area (Å²) in [6.45, 7) is 1.01. The predicted molar refractivity (Wildman–Crippen MR) is 149 cm³/mol. The van der Waals surface area contributed by atoms with Gasteiger partial charge in [-0.2, -0.15) is 4.98 Å². The van der Waals surface area contributed by atoms with Gasteiger partial charge in [0, 0.05) is 43.8 Å². The van der Waals surface area contributed by atoms with Gasteiger partial charge in [-0.15, -0.1) is 6.42 Å². The number of carbonyl (C=O) groups excluding carboxylic acids is 2. The van der Waals surface area contributed by atoms with E-state index in [1.54, 1.807) is 29.1 Å². The molecule has 3 aromatic rings. The zero-order valence-electron chi connectivity index (χ0n) is 22.2. The summed E-state index contributed by atoms with van der Waals surface area (Å²) < 4.78 is 0. The molecule has 3 heterocycles. The van der Waals surface area contributed by atoms with E-state index >= 15 is 0 Å². The number of hydrogen-bond acceptors (Lipinski definition) is 7. The summed E-state index contributed by atoms with van der Waals surface area (Å²) in [6.07, 6.45) is 11.6. The average Bonchev–Trinajstić information content (AvgIpc) is 3.45. The van der Waals surface area contributed by atoms with Gasteiger partial charge in [0.2, 0.25) is 11.9 Å². The van der Waals surface area contributed by atoms with Crippen LogP contribution in [0.3, 0.4) is 0 Å².